The first-order chi connectivity index (χ1) is 17.1. The third kappa shape index (κ3) is 3.73. The number of hydrogen-bond donors (Lipinski definition) is 0. The minimum Gasteiger partial charge on any atom is -0.493 e. The van der Waals surface area contributed by atoms with E-state index in [4.69, 9.17) is 9.47 Å². The number of rotatable bonds is 4. The predicted octanol–water partition coefficient (Wildman–Crippen LogP) is 2.84. The number of benzene rings is 1. The molecule has 35 heavy (non-hydrogen) atoms. The van der Waals surface area contributed by atoms with Crippen molar-refractivity contribution in [2.75, 3.05) is 33.9 Å². The van der Waals surface area contributed by atoms with E-state index in [0.717, 1.165) is 25.9 Å². The molecule has 1 amide bonds. The second-order valence-corrected chi connectivity index (χ2v) is 10.5. The lowest BCUT2D eigenvalue weighted by Crippen LogP contribution is -2.60. The van der Waals surface area contributed by atoms with E-state index in [1.54, 1.807) is 25.4 Å². The molecule has 0 spiro atoms. The molecule has 6 rings (SSSR count). The average molecular weight is 479 g/mol. The fraction of sp³-hybridized carbons (Fsp3) is 0.593. The molecular formula is C27H34N4O4. The van der Waals surface area contributed by atoms with Crippen LogP contribution < -0.4 is 15.0 Å². The maximum Gasteiger partial charge on any atom is 0.279 e. The van der Waals surface area contributed by atoms with Crippen molar-refractivity contribution < 1.29 is 14.3 Å². The van der Waals surface area contributed by atoms with Crippen molar-refractivity contribution in [3.63, 3.8) is 0 Å². The number of nitrogens with zero attached hydrogens (tertiary/aromatic N) is 4. The monoisotopic (exact) mass is 478 g/mol. The lowest BCUT2D eigenvalue weighted by atomic mass is 9.68. The highest BCUT2D eigenvalue weighted by Crippen LogP contribution is 2.45. The fourth-order valence-corrected chi connectivity index (χ4v) is 7.17. The SMILES string of the molecule is COc1ccc2cnn(CC(=O)N3CCCC4=C[C@H]5C[C@@H](CN6CCCC[C@@H]56)[C@H]43)c(=O)c2c1OC. The summed E-state index contributed by atoms with van der Waals surface area (Å²) in [5.41, 5.74) is 1.11. The van der Waals surface area contributed by atoms with Crippen molar-refractivity contribution in [3.8, 4) is 11.5 Å². The van der Waals surface area contributed by atoms with Gasteiger partial charge in [0.1, 0.15) is 6.54 Å². The van der Waals surface area contributed by atoms with E-state index >= 15 is 0 Å². The molecule has 3 saturated heterocycles. The number of hydrogen-bond acceptors (Lipinski definition) is 6. The number of carbonyl (C=O) groups excluding carboxylic acids is 1. The summed E-state index contributed by atoms with van der Waals surface area (Å²) in [7, 11) is 3.06. The van der Waals surface area contributed by atoms with Crippen molar-refractivity contribution in [1.82, 2.24) is 19.6 Å². The summed E-state index contributed by atoms with van der Waals surface area (Å²) in [6, 6.07) is 4.38. The highest BCUT2D eigenvalue weighted by Gasteiger charge is 2.46. The molecule has 186 valence electrons. The van der Waals surface area contributed by atoms with Crippen LogP contribution in [0.5, 0.6) is 11.5 Å². The molecule has 0 unspecified atom stereocenters. The van der Waals surface area contributed by atoms with Gasteiger partial charge in [0.25, 0.3) is 5.56 Å². The van der Waals surface area contributed by atoms with Crippen LogP contribution in [0.1, 0.15) is 38.5 Å². The van der Waals surface area contributed by atoms with Crippen molar-refractivity contribution in [2.24, 2.45) is 11.8 Å². The maximum atomic E-state index is 13.7. The number of aromatic nitrogens is 2. The number of methoxy groups -OCH3 is 2. The maximum absolute atomic E-state index is 13.7. The quantitative estimate of drug-likeness (QED) is 0.629. The van der Waals surface area contributed by atoms with Gasteiger partial charge in [-0.25, -0.2) is 4.68 Å². The van der Waals surface area contributed by atoms with Gasteiger partial charge in [0, 0.05) is 24.5 Å². The molecule has 0 saturated carbocycles. The number of likely N-dealkylation sites (tertiary alicyclic amines) is 1. The van der Waals surface area contributed by atoms with Gasteiger partial charge in [-0.05, 0) is 62.6 Å². The zero-order chi connectivity index (χ0) is 24.1. The predicted molar refractivity (Wildman–Crippen MR) is 133 cm³/mol. The molecule has 2 aromatic rings. The molecule has 4 aliphatic rings. The van der Waals surface area contributed by atoms with E-state index in [9.17, 15) is 9.59 Å². The van der Waals surface area contributed by atoms with Crippen LogP contribution in [-0.4, -0.2) is 71.4 Å². The zero-order valence-corrected chi connectivity index (χ0v) is 20.6. The van der Waals surface area contributed by atoms with Crippen LogP contribution in [0, 0.1) is 11.8 Å². The Kier molecular flexibility index (Phi) is 5.79. The van der Waals surface area contributed by atoms with Crippen molar-refractivity contribution >= 4 is 16.7 Å². The Morgan fingerprint density at radius 3 is 2.86 bits per heavy atom. The first-order valence-electron chi connectivity index (χ1n) is 12.9. The number of amides is 1. The third-order valence-corrected chi connectivity index (χ3v) is 8.62. The summed E-state index contributed by atoms with van der Waals surface area (Å²) in [5, 5.41) is 5.38. The number of carbonyl (C=O) groups is 1. The van der Waals surface area contributed by atoms with Gasteiger partial charge in [-0.2, -0.15) is 5.10 Å². The van der Waals surface area contributed by atoms with Crippen LogP contribution in [-0.2, 0) is 11.3 Å². The van der Waals surface area contributed by atoms with Crippen LogP contribution in [0.25, 0.3) is 10.8 Å². The Morgan fingerprint density at radius 1 is 1.14 bits per heavy atom. The van der Waals surface area contributed by atoms with Crippen LogP contribution >= 0.6 is 0 Å². The molecular weight excluding hydrogens is 444 g/mol. The summed E-state index contributed by atoms with van der Waals surface area (Å²) in [4.78, 5) is 31.8. The Morgan fingerprint density at radius 2 is 2.03 bits per heavy atom. The molecule has 1 aromatic carbocycles. The fourth-order valence-electron chi connectivity index (χ4n) is 7.17. The molecule has 1 aliphatic carbocycles. The molecule has 4 heterocycles. The van der Waals surface area contributed by atoms with Crippen LogP contribution in [0.15, 0.2) is 34.8 Å². The van der Waals surface area contributed by atoms with E-state index in [0.29, 0.717) is 40.1 Å². The third-order valence-electron chi connectivity index (χ3n) is 8.62. The van der Waals surface area contributed by atoms with Crippen molar-refractivity contribution in [2.45, 2.75) is 57.2 Å². The van der Waals surface area contributed by atoms with Gasteiger partial charge >= 0.3 is 0 Å². The molecule has 0 radical (unpaired) electrons. The van der Waals surface area contributed by atoms with Crippen LogP contribution in [0.3, 0.4) is 0 Å². The summed E-state index contributed by atoms with van der Waals surface area (Å²) in [6.07, 6.45) is 11.3. The average Bonchev–Trinajstić information content (AvgIpc) is 2.89. The standard InChI is InChI=1S/C27H34N4O4/c1-34-22-9-8-18-14-28-31(27(33)24(18)26(22)35-2)16-23(32)30-11-5-6-17-12-19-13-20(25(17)30)15-29-10-4-3-7-21(19)29/h8-9,12,14,19-21,25H,3-7,10-11,13,15-16H2,1-2H3/t19-,20-,21-,25-/m0/s1. The lowest BCUT2D eigenvalue weighted by Gasteiger charge is -2.54. The van der Waals surface area contributed by atoms with Gasteiger partial charge in [0.15, 0.2) is 11.5 Å². The second kappa shape index (κ2) is 8.97. The van der Waals surface area contributed by atoms with E-state index in [-0.39, 0.29) is 24.1 Å². The summed E-state index contributed by atoms with van der Waals surface area (Å²) in [6.45, 7) is 2.94. The molecule has 3 fully saturated rings. The zero-order valence-electron chi connectivity index (χ0n) is 20.6. The molecule has 8 nitrogen and oxygen atoms in total. The Bertz CT molecular complexity index is 1240. The first kappa shape index (κ1) is 22.6. The normalized spacial score (nSPS) is 28.2. The van der Waals surface area contributed by atoms with E-state index < -0.39 is 0 Å². The molecule has 1 aromatic heterocycles. The number of piperidine rings is 3. The first-order valence-corrected chi connectivity index (χ1v) is 12.9. The molecule has 8 heteroatoms. The minimum atomic E-state index is -0.336. The Hall–Kier alpha value is -2.87. The van der Waals surface area contributed by atoms with Gasteiger partial charge < -0.3 is 14.4 Å². The largest absolute Gasteiger partial charge is 0.493 e. The highest BCUT2D eigenvalue weighted by molar-refractivity contribution is 5.89. The van der Waals surface area contributed by atoms with Crippen LogP contribution in [0.4, 0.5) is 0 Å². The molecule has 3 aliphatic heterocycles. The van der Waals surface area contributed by atoms with E-state index in [1.807, 2.05) is 4.90 Å². The van der Waals surface area contributed by atoms with Crippen LogP contribution in [0.2, 0.25) is 0 Å². The Labute approximate surface area is 205 Å². The van der Waals surface area contributed by atoms with Crippen molar-refractivity contribution in [3.05, 3.63) is 40.3 Å². The van der Waals surface area contributed by atoms with Gasteiger partial charge in [-0.15, -0.1) is 0 Å². The van der Waals surface area contributed by atoms with E-state index in [2.05, 4.69) is 16.1 Å². The highest BCUT2D eigenvalue weighted by atomic mass is 16.5. The van der Waals surface area contributed by atoms with Gasteiger partial charge in [-0.1, -0.05) is 18.1 Å². The van der Waals surface area contributed by atoms with Crippen molar-refractivity contribution in [1.29, 1.82) is 0 Å². The Balaban J connectivity index is 1.30. The second-order valence-electron chi connectivity index (χ2n) is 10.5. The van der Waals surface area contributed by atoms with Gasteiger partial charge in [0.2, 0.25) is 5.91 Å². The van der Waals surface area contributed by atoms with Gasteiger partial charge in [0.05, 0.1) is 31.8 Å². The molecule has 2 bridgehead atoms. The summed E-state index contributed by atoms with van der Waals surface area (Å²) < 4.78 is 12.1. The molecule has 0 N–H and O–H groups in total. The summed E-state index contributed by atoms with van der Waals surface area (Å²) >= 11 is 0. The minimum absolute atomic E-state index is 0.0318. The number of ether oxygens (including phenoxy) is 2. The topological polar surface area (TPSA) is 76.9 Å². The van der Waals surface area contributed by atoms with Gasteiger partial charge in [-0.3, -0.25) is 14.5 Å². The number of fused-ring (bicyclic) bond motifs is 7. The molecule has 4 atom stereocenters. The van der Waals surface area contributed by atoms with E-state index in [1.165, 1.54) is 49.6 Å². The summed E-state index contributed by atoms with van der Waals surface area (Å²) in [5.74, 6) is 1.93. The lowest BCUT2D eigenvalue weighted by molar-refractivity contribution is -0.137. The smallest absolute Gasteiger partial charge is 0.279 e.